The predicted molar refractivity (Wildman–Crippen MR) is 88.6 cm³/mol. The van der Waals surface area contributed by atoms with Crippen LogP contribution in [-0.4, -0.2) is 19.7 Å². The number of hydrogen-bond acceptors (Lipinski definition) is 4. The van der Waals surface area contributed by atoms with Crippen molar-refractivity contribution in [3.8, 4) is 5.75 Å². The van der Waals surface area contributed by atoms with Crippen LogP contribution in [0, 0.1) is 5.92 Å². The monoisotopic (exact) mass is 382 g/mol. The Morgan fingerprint density at radius 1 is 1.04 bits per heavy atom. The molecule has 0 saturated heterocycles. The molecule has 8 heteroatoms. The van der Waals surface area contributed by atoms with Gasteiger partial charge in [-0.3, -0.25) is 0 Å². The summed E-state index contributed by atoms with van der Waals surface area (Å²) in [6.07, 6.45) is 8.94. The van der Waals surface area contributed by atoms with Crippen molar-refractivity contribution >= 4 is 21.9 Å². The fourth-order valence-corrected chi connectivity index (χ4v) is 4.24. The molecule has 0 heterocycles. The molecule has 3 nitrogen and oxygen atoms in total. The average Bonchev–Trinajstić information content (AvgIpc) is 2.76. The van der Waals surface area contributed by atoms with Crippen molar-refractivity contribution in [3.05, 3.63) is 24.3 Å². The lowest BCUT2D eigenvalue weighted by molar-refractivity contribution is -0.0500. The van der Waals surface area contributed by atoms with Gasteiger partial charge in [0.05, 0.1) is 0 Å². The maximum atomic E-state index is 12.3. The predicted octanol–water partition coefficient (Wildman–Crippen LogP) is 5.37. The largest absolute Gasteiger partial charge is 0.534 e. The molecule has 0 amide bonds. The highest BCUT2D eigenvalue weighted by Gasteiger charge is 2.48. The van der Waals surface area contributed by atoms with E-state index in [9.17, 15) is 21.6 Å². The van der Waals surface area contributed by atoms with Crippen molar-refractivity contribution in [2.75, 3.05) is 5.75 Å². The van der Waals surface area contributed by atoms with Crippen LogP contribution in [0.25, 0.3) is 0 Å². The topological polar surface area (TPSA) is 43.4 Å². The van der Waals surface area contributed by atoms with Crippen LogP contribution in [-0.2, 0) is 10.1 Å². The first kappa shape index (κ1) is 19.4. The zero-order valence-corrected chi connectivity index (χ0v) is 14.9. The van der Waals surface area contributed by atoms with Gasteiger partial charge in [0.25, 0.3) is 0 Å². The van der Waals surface area contributed by atoms with Crippen molar-refractivity contribution in [2.24, 2.45) is 5.92 Å². The zero-order chi connectivity index (χ0) is 17.6. The van der Waals surface area contributed by atoms with E-state index in [0.29, 0.717) is 0 Å². The van der Waals surface area contributed by atoms with Gasteiger partial charge in [-0.1, -0.05) is 38.5 Å². The molecule has 2 rings (SSSR count). The lowest BCUT2D eigenvalue weighted by Gasteiger charge is -2.13. The average molecular weight is 382 g/mol. The van der Waals surface area contributed by atoms with Gasteiger partial charge in [-0.05, 0) is 42.4 Å². The summed E-state index contributed by atoms with van der Waals surface area (Å²) in [4.78, 5) is 0.889. The van der Waals surface area contributed by atoms with Crippen LogP contribution in [0.5, 0.6) is 5.75 Å². The van der Waals surface area contributed by atoms with Gasteiger partial charge in [0.15, 0.2) is 0 Å². The van der Waals surface area contributed by atoms with Crippen LogP contribution in [0.2, 0.25) is 0 Å². The van der Waals surface area contributed by atoms with Gasteiger partial charge >= 0.3 is 15.6 Å². The third-order valence-corrected chi connectivity index (χ3v) is 6.11. The number of thioether (sulfide) groups is 1. The molecule has 1 aromatic carbocycles. The Hall–Kier alpha value is -0.890. The van der Waals surface area contributed by atoms with E-state index < -0.39 is 15.6 Å². The van der Waals surface area contributed by atoms with E-state index in [0.717, 1.165) is 23.0 Å². The maximum absolute atomic E-state index is 12.3. The van der Waals surface area contributed by atoms with Crippen molar-refractivity contribution in [1.82, 2.24) is 0 Å². The molecule has 1 aliphatic carbocycles. The molecule has 0 unspecified atom stereocenters. The quantitative estimate of drug-likeness (QED) is 0.287. The third-order valence-electron chi connectivity index (χ3n) is 4.08. The smallest absolute Gasteiger partial charge is 0.376 e. The van der Waals surface area contributed by atoms with E-state index >= 15 is 0 Å². The second-order valence-corrected chi connectivity index (χ2v) is 8.66. The first-order valence-electron chi connectivity index (χ1n) is 8.01. The van der Waals surface area contributed by atoms with Crippen LogP contribution in [0.1, 0.15) is 44.9 Å². The molecule has 0 spiro atoms. The highest BCUT2D eigenvalue weighted by atomic mass is 32.2. The van der Waals surface area contributed by atoms with Crippen LogP contribution in [0.4, 0.5) is 13.2 Å². The molecule has 24 heavy (non-hydrogen) atoms. The molecule has 1 aliphatic rings. The minimum atomic E-state index is -5.61. The Kier molecular flexibility index (Phi) is 6.86. The van der Waals surface area contributed by atoms with Crippen LogP contribution >= 0.6 is 11.8 Å². The number of hydrogen-bond donors (Lipinski definition) is 0. The van der Waals surface area contributed by atoms with Crippen molar-refractivity contribution < 1.29 is 25.8 Å². The normalized spacial score (nSPS) is 17.5. The lowest BCUT2D eigenvalue weighted by Crippen LogP contribution is -2.28. The molecule has 1 fully saturated rings. The standard InChI is InChI=1S/C16H21F3O3S2/c17-16(18,19)24(20,21)22-14-7-9-15(10-8-14)23-12-11-13-5-3-1-2-4-6-13/h7-10,13H,1-6,11-12H2. The Morgan fingerprint density at radius 2 is 1.62 bits per heavy atom. The molecule has 0 aromatic heterocycles. The Morgan fingerprint density at radius 3 is 2.17 bits per heavy atom. The fraction of sp³-hybridized carbons (Fsp3) is 0.625. The SMILES string of the molecule is O=S(=O)(Oc1ccc(SCCC2CCCCCC2)cc1)C(F)(F)F. The summed E-state index contributed by atoms with van der Waals surface area (Å²) in [5.41, 5.74) is -5.42. The van der Waals surface area contributed by atoms with Gasteiger partial charge in [0, 0.05) is 4.90 Å². The molecular weight excluding hydrogens is 361 g/mol. The summed E-state index contributed by atoms with van der Waals surface area (Å²) in [5, 5.41) is 0. The first-order chi connectivity index (χ1) is 11.3. The van der Waals surface area contributed by atoms with Gasteiger partial charge in [-0.25, -0.2) is 0 Å². The number of benzene rings is 1. The minimum Gasteiger partial charge on any atom is -0.376 e. The second-order valence-electron chi connectivity index (χ2n) is 5.95. The summed E-state index contributed by atoms with van der Waals surface area (Å²) in [6.45, 7) is 0. The van der Waals surface area contributed by atoms with Crippen molar-refractivity contribution in [3.63, 3.8) is 0 Å². The van der Waals surface area contributed by atoms with Crippen LogP contribution in [0.15, 0.2) is 29.2 Å². The summed E-state index contributed by atoms with van der Waals surface area (Å²) in [6, 6.07) is 5.66. The van der Waals surface area contributed by atoms with Crippen LogP contribution in [0.3, 0.4) is 0 Å². The van der Waals surface area contributed by atoms with E-state index in [-0.39, 0.29) is 5.75 Å². The highest BCUT2D eigenvalue weighted by Crippen LogP contribution is 2.30. The Bertz CT molecular complexity index is 604. The zero-order valence-electron chi connectivity index (χ0n) is 13.2. The van der Waals surface area contributed by atoms with Crippen LogP contribution < -0.4 is 4.18 Å². The van der Waals surface area contributed by atoms with Crippen molar-refractivity contribution in [1.29, 1.82) is 0 Å². The molecule has 0 aliphatic heterocycles. The summed E-state index contributed by atoms with van der Waals surface area (Å²) < 4.78 is 62.7. The molecular formula is C16H21F3O3S2. The number of rotatable bonds is 6. The molecule has 1 aromatic rings. The van der Waals surface area contributed by atoms with Gasteiger partial charge in [-0.2, -0.15) is 21.6 Å². The summed E-state index contributed by atoms with van der Waals surface area (Å²) >= 11 is 1.63. The minimum absolute atomic E-state index is 0.333. The van der Waals surface area contributed by atoms with E-state index in [1.807, 2.05) is 0 Å². The molecule has 1 saturated carbocycles. The Balaban J connectivity index is 1.81. The van der Waals surface area contributed by atoms with Gasteiger partial charge < -0.3 is 4.18 Å². The van der Waals surface area contributed by atoms with E-state index in [1.165, 1.54) is 50.7 Å². The van der Waals surface area contributed by atoms with Crippen molar-refractivity contribution in [2.45, 2.75) is 55.3 Å². The van der Waals surface area contributed by atoms with E-state index in [4.69, 9.17) is 0 Å². The molecule has 0 atom stereocenters. The maximum Gasteiger partial charge on any atom is 0.534 e. The van der Waals surface area contributed by atoms with E-state index in [1.54, 1.807) is 23.9 Å². The molecule has 0 radical (unpaired) electrons. The first-order valence-corrected chi connectivity index (χ1v) is 10.4. The van der Waals surface area contributed by atoms with Gasteiger partial charge in [-0.15, -0.1) is 11.8 Å². The molecule has 0 bridgehead atoms. The summed E-state index contributed by atoms with van der Waals surface area (Å²) in [5.74, 6) is 1.38. The van der Waals surface area contributed by atoms with Gasteiger partial charge in [0.2, 0.25) is 0 Å². The fourth-order valence-electron chi connectivity index (χ4n) is 2.76. The third kappa shape index (κ3) is 5.88. The number of halogens is 3. The number of alkyl halides is 3. The van der Waals surface area contributed by atoms with Gasteiger partial charge in [0.1, 0.15) is 5.75 Å². The second kappa shape index (κ2) is 8.47. The lowest BCUT2D eigenvalue weighted by atomic mass is 9.98. The highest BCUT2D eigenvalue weighted by molar-refractivity contribution is 7.99. The Labute approximate surface area is 145 Å². The summed E-state index contributed by atoms with van der Waals surface area (Å²) in [7, 11) is -5.61. The molecule has 136 valence electrons. The molecule has 0 N–H and O–H groups in total. The van der Waals surface area contributed by atoms with E-state index in [2.05, 4.69) is 4.18 Å².